The molecule has 2 saturated heterocycles. The number of carbonyl (C=O) groups excluding carboxylic acids is 2. The first-order chi connectivity index (χ1) is 30.7. The Balaban J connectivity index is 1.05. The van der Waals surface area contributed by atoms with Gasteiger partial charge >= 0.3 is 11.8 Å². The number of ether oxygens (including phenoxy) is 1. The molecule has 6 atom stereocenters. The van der Waals surface area contributed by atoms with E-state index in [9.17, 15) is 9.59 Å². The van der Waals surface area contributed by atoms with Crippen LogP contribution in [0.4, 0.5) is 13.6 Å². The lowest BCUT2D eigenvalue weighted by molar-refractivity contribution is 0.0186. The molecule has 7 heterocycles. The van der Waals surface area contributed by atoms with E-state index in [0.29, 0.717) is 77.0 Å². The van der Waals surface area contributed by atoms with E-state index >= 15 is 13.6 Å². The van der Waals surface area contributed by atoms with Crippen LogP contribution in [0.3, 0.4) is 0 Å². The maximum absolute atomic E-state index is 16.1. The largest absolute Gasteiger partial charge is 0.427 e. The van der Waals surface area contributed by atoms with Crippen molar-refractivity contribution in [2.75, 3.05) is 13.2 Å². The van der Waals surface area contributed by atoms with Crippen molar-refractivity contribution >= 4 is 33.8 Å². The molecule has 64 heavy (non-hydrogen) atoms. The van der Waals surface area contributed by atoms with E-state index in [1.54, 1.807) is 65.6 Å². The fourth-order valence-corrected chi connectivity index (χ4v) is 10.8. The van der Waals surface area contributed by atoms with Gasteiger partial charge in [0.2, 0.25) is 0 Å². The second-order valence-corrected chi connectivity index (χ2v) is 18.1. The van der Waals surface area contributed by atoms with E-state index < -0.39 is 35.3 Å². The predicted octanol–water partition coefficient (Wildman–Crippen LogP) is 6.90. The third kappa shape index (κ3) is 5.92. The summed E-state index contributed by atoms with van der Waals surface area (Å²) >= 11 is 0. The molecule has 3 aliphatic heterocycles. The Bertz CT molecular complexity index is 3140. The van der Waals surface area contributed by atoms with Gasteiger partial charge in [0.1, 0.15) is 23.5 Å². The Morgan fingerprint density at radius 3 is 2.42 bits per heavy atom. The summed E-state index contributed by atoms with van der Waals surface area (Å²) in [5, 5.41) is 13.4. The monoisotopic (exact) mass is 870 g/mol. The third-order valence-electron chi connectivity index (χ3n) is 14.3. The highest BCUT2D eigenvalue weighted by atomic mass is 19.1. The molecule has 3 aromatic carbocycles. The summed E-state index contributed by atoms with van der Waals surface area (Å²) in [7, 11) is 1.72. The van der Waals surface area contributed by atoms with Crippen LogP contribution in [0.25, 0.3) is 39.0 Å². The van der Waals surface area contributed by atoms with Crippen LogP contribution in [0, 0.1) is 31.4 Å². The molecule has 0 radical (unpaired) electrons. The number of amides is 2. The second-order valence-electron chi connectivity index (χ2n) is 18.1. The number of imidazole rings is 1. The molecule has 3 unspecified atom stereocenters. The average molecular weight is 871 g/mol. The SMILES string of the molecule is Cc1cc(-n2nc3c(c2-n2ccn(-c4ccc5c(cnn5C)c4F)c2=O)[C@H](C)N(C(=O)c2cc4cc(C5CCOC(C)C5)ccc4n2[C@@]2(C4NOC(=O)N4)C[C@@H]2C)CC3)cc(C)c1F. The lowest BCUT2D eigenvalue weighted by Crippen LogP contribution is -2.49. The molecule has 3 fully saturated rings. The van der Waals surface area contributed by atoms with Gasteiger partial charge < -0.3 is 19.0 Å². The summed E-state index contributed by atoms with van der Waals surface area (Å²) in [5.74, 6) is -0.433. The molecule has 1 saturated carbocycles. The van der Waals surface area contributed by atoms with Gasteiger partial charge in [0.25, 0.3) is 5.91 Å². The number of nitrogens with one attached hydrogen (secondary N) is 2. The molecule has 0 bridgehead atoms. The minimum atomic E-state index is -0.712. The quantitative estimate of drug-likeness (QED) is 0.176. The van der Waals surface area contributed by atoms with Gasteiger partial charge in [-0.1, -0.05) is 13.0 Å². The molecule has 4 aliphatic rings. The van der Waals surface area contributed by atoms with Crippen LogP contribution in [0.15, 0.2) is 71.9 Å². The molecule has 4 aromatic heterocycles. The molecule has 2 N–H and O–H groups in total. The molecular weight excluding hydrogens is 823 g/mol. The first kappa shape index (κ1) is 40.2. The molecule has 15 nitrogen and oxygen atoms in total. The topological polar surface area (TPSA) is 147 Å². The van der Waals surface area contributed by atoms with E-state index in [4.69, 9.17) is 14.7 Å². The maximum atomic E-state index is 16.1. The number of rotatable bonds is 7. The number of aryl methyl sites for hydroxylation is 3. The lowest BCUT2D eigenvalue weighted by atomic mass is 9.88. The number of hydrogen-bond donors (Lipinski definition) is 2. The van der Waals surface area contributed by atoms with Crippen molar-refractivity contribution in [3.63, 3.8) is 0 Å². The molecule has 17 heteroatoms. The van der Waals surface area contributed by atoms with Crippen molar-refractivity contribution in [1.29, 1.82) is 0 Å². The molecular formula is C47H48F2N10O5. The Hall–Kier alpha value is -6.59. The number of nitrogens with zero attached hydrogens (tertiary/aromatic N) is 8. The zero-order valence-electron chi connectivity index (χ0n) is 36.4. The smallest absolute Gasteiger partial charge is 0.378 e. The van der Waals surface area contributed by atoms with Crippen molar-refractivity contribution in [2.24, 2.45) is 13.0 Å². The number of hydrogen-bond acceptors (Lipinski definition) is 8. The van der Waals surface area contributed by atoms with Crippen LogP contribution in [-0.2, 0) is 28.6 Å². The van der Waals surface area contributed by atoms with Gasteiger partial charge in [0.05, 0.1) is 51.9 Å². The number of benzene rings is 3. The van der Waals surface area contributed by atoms with Crippen molar-refractivity contribution in [3.05, 3.63) is 123 Å². The highest BCUT2D eigenvalue weighted by Crippen LogP contribution is 2.55. The van der Waals surface area contributed by atoms with Gasteiger partial charge in [-0.25, -0.2) is 23.1 Å². The van der Waals surface area contributed by atoms with E-state index in [-0.39, 0.29) is 34.8 Å². The summed E-state index contributed by atoms with van der Waals surface area (Å²) in [5.41, 5.74) is 7.40. The molecule has 330 valence electrons. The maximum Gasteiger partial charge on any atom is 0.427 e. The van der Waals surface area contributed by atoms with Crippen molar-refractivity contribution in [1.82, 2.24) is 49.0 Å². The zero-order chi connectivity index (χ0) is 44.5. The molecule has 11 rings (SSSR count). The van der Waals surface area contributed by atoms with Crippen LogP contribution in [0.1, 0.15) is 90.4 Å². The molecule has 1 aliphatic carbocycles. The minimum Gasteiger partial charge on any atom is -0.378 e. The Labute approximate surface area is 366 Å². The lowest BCUT2D eigenvalue weighted by Gasteiger charge is -2.35. The zero-order valence-corrected chi connectivity index (χ0v) is 36.4. The van der Waals surface area contributed by atoms with Gasteiger partial charge in [-0.05, 0) is 118 Å². The Morgan fingerprint density at radius 1 is 0.953 bits per heavy atom. The standard InChI is InChI=1S/C47H48F2N10O5/c1-24-17-32(18-25(2)40(24)48)59-42(57-15-14-56(46(57)62)37-10-9-36-33(41(37)49)23-50-54(36)6)39-28(5)55(13-11-34(39)52-59)43(60)38-21-31-20-29(30-12-16-63-27(4)19-30)7-8-35(31)58(38)47(22-26(47)3)44-51-45(61)64-53-44/h7-10,14-15,17-18,20-21,23,26-28,30,44,53H,11-13,16,19,22H2,1-6H3,(H,51,61)/t26-,27?,28-,30?,44?,47-/m0/s1. The average Bonchev–Trinajstić information content (AvgIpc) is 3.91. The van der Waals surface area contributed by atoms with Gasteiger partial charge in [-0.15, -0.1) is 5.48 Å². The van der Waals surface area contributed by atoms with Gasteiger partial charge in [-0.2, -0.15) is 10.2 Å². The predicted molar refractivity (Wildman–Crippen MR) is 233 cm³/mol. The fraction of sp³-hybridized carbons (Fsp3) is 0.383. The van der Waals surface area contributed by atoms with Crippen molar-refractivity contribution in [2.45, 2.75) is 90.1 Å². The molecule has 2 amide bonds. The summed E-state index contributed by atoms with van der Waals surface area (Å²) in [6.45, 7) is 10.5. The number of carbonyl (C=O) groups is 2. The van der Waals surface area contributed by atoms with Gasteiger partial charge in [0, 0.05) is 55.5 Å². The molecule has 0 spiro atoms. The Kier molecular flexibility index (Phi) is 9.09. The van der Waals surface area contributed by atoms with Crippen LogP contribution in [0.5, 0.6) is 0 Å². The fourth-order valence-electron chi connectivity index (χ4n) is 10.8. The van der Waals surface area contributed by atoms with E-state index in [0.717, 1.165) is 23.7 Å². The molecule has 7 aromatic rings. The number of halogens is 2. The first-order valence-corrected chi connectivity index (χ1v) is 21.9. The third-order valence-corrected chi connectivity index (χ3v) is 14.3. The van der Waals surface area contributed by atoms with Crippen molar-refractivity contribution in [3.8, 4) is 17.2 Å². The summed E-state index contributed by atoms with van der Waals surface area (Å²) in [6.07, 6.45) is 6.31. The van der Waals surface area contributed by atoms with Crippen LogP contribution in [-0.4, -0.2) is 75.6 Å². The Morgan fingerprint density at radius 2 is 1.70 bits per heavy atom. The summed E-state index contributed by atoms with van der Waals surface area (Å²) in [6, 6.07) is 14.4. The minimum absolute atomic E-state index is 0.0476. The summed E-state index contributed by atoms with van der Waals surface area (Å²) < 4.78 is 45.0. The highest BCUT2D eigenvalue weighted by Gasteiger charge is 2.62. The first-order valence-electron chi connectivity index (χ1n) is 21.9. The van der Waals surface area contributed by atoms with Gasteiger partial charge in [0.15, 0.2) is 5.82 Å². The van der Waals surface area contributed by atoms with Gasteiger partial charge in [-0.3, -0.25) is 23.9 Å². The van der Waals surface area contributed by atoms with Crippen LogP contribution in [0.2, 0.25) is 0 Å². The van der Waals surface area contributed by atoms with Crippen molar-refractivity contribution < 1.29 is 27.9 Å². The number of hydroxylamine groups is 1. The van der Waals surface area contributed by atoms with Crippen LogP contribution >= 0.6 is 0 Å². The highest BCUT2D eigenvalue weighted by molar-refractivity contribution is 6.00. The number of aromatic nitrogens is 7. The van der Waals surface area contributed by atoms with Crippen LogP contribution < -0.4 is 16.5 Å². The van der Waals surface area contributed by atoms with E-state index in [2.05, 4.69) is 52.5 Å². The second kappa shape index (κ2) is 14.5. The normalized spacial score (nSPS) is 24.3. The van der Waals surface area contributed by atoms with E-state index in [1.165, 1.54) is 27.1 Å². The summed E-state index contributed by atoms with van der Waals surface area (Å²) in [4.78, 5) is 49.6. The van der Waals surface area contributed by atoms with E-state index in [1.807, 2.05) is 13.0 Å². The number of fused-ring (bicyclic) bond motifs is 3.